The third-order valence-corrected chi connectivity index (χ3v) is 4.93. The first kappa shape index (κ1) is 16.7. The molecule has 126 valence electrons. The largest absolute Gasteiger partial charge is 0.382 e. The van der Waals surface area contributed by atoms with Crippen molar-refractivity contribution >= 4 is 29.2 Å². The van der Waals surface area contributed by atoms with E-state index in [0.717, 1.165) is 30.9 Å². The number of aromatic nitrogens is 2. The Bertz CT molecular complexity index is 731. The number of carbonyl (C=O) groups excluding carboxylic acids is 1. The van der Waals surface area contributed by atoms with Gasteiger partial charge in [-0.3, -0.25) is 9.69 Å². The van der Waals surface area contributed by atoms with Gasteiger partial charge in [0.05, 0.1) is 0 Å². The van der Waals surface area contributed by atoms with Gasteiger partial charge in [0.2, 0.25) is 0 Å². The molecule has 2 heterocycles. The van der Waals surface area contributed by atoms with Crippen LogP contribution in [-0.2, 0) is 6.54 Å². The summed E-state index contributed by atoms with van der Waals surface area (Å²) < 4.78 is 0. The molecule has 1 aliphatic rings. The highest BCUT2D eigenvalue weighted by Crippen LogP contribution is 2.20. The van der Waals surface area contributed by atoms with Crippen molar-refractivity contribution in [2.24, 2.45) is 0 Å². The van der Waals surface area contributed by atoms with E-state index in [4.69, 9.17) is 5.73 Å². The third-order valence-electron chi connectivity index (χ3n) is 3.99. The summed E-state index contributed by atoms with van der Waals surface area (Å²) in [7, 11) is 0. The second kappa shape index (κ2) is 7.63. The lowest BCUT2D eigenvalue weighted by Crippen LogP contribution is -2.31. The van der Waals surface area contributed by atoms with Crippen LogP contribution in [0.15, 0.2) is 30.6 Å². The molecule has 0 saturated carbocycles. The number of rotatable bonds is 4. The van der Waals surface area contributed by atoms with Gasteiger partial charge in [0, 0.05) is 49.2 Å². The summed E-state index contributed by atoms with van der Waals surface area (Å²) in [6.45, 7) is 5.21. The summed E-state index contributed by atoms with van der Waals surface area (Å²) >= 11 is 2.01. The van der Waals surface area contributed by atoms with E-state index in [-0.39, 0.29) is 17.4 Å². The molecule has 1 saturated heterocycles. The number of benzene rings is 1. The average Bonchev–Trinajstić information content (AvgIpc) is 2.58. The monoisotopic (exact) mass is 343 g/mol. The van der Waals surface area contributed by atoms with Crippen LogP contribution in [0, 0.1) is 6.92 Å². The lowest BCUT2D eigenvalue weighted by molar-refractivity contribution is 0.102. The molecule has 3 N–H and O–H groups in total. The molecule has 0 unspecified atom stereocenters. The Labute approximate surface area is 145 Å². The summed E-state index contributed by atoms with van der Waals surface area (Å²) in [4.78, 5) is 22.6. The van der Waals surface area contributed by atoms with E-state index < -0.39 is 0 Å². The van der Waals surface area contributed by atoms with Gasteiger partial charge >= 0.3 is 0 Å². The Morgan fingerprint density at radius 3 is 2.75 bits per heavy atom. The predicted molar refractivity (Wildman–Crippen MR) is 98.2 cm³/mol. The van der Waals surface area contributed by atoms with E-state index in [2.05, 4.69) is 32.3 Å². The Hall–Kier alpha value is -2.12. The van der Waals surface area contributed by atoms with Crippen LogP contribution in [-0.4, -0.2) is 45.4 Å². The maximum absolute atomic E-state index is 12.3. The molecule has 1 aliphatic heterocycles. The molecular formula is C17H21N5OS. The average molecular weight is 343 g/mol. The van der Waals surface area contributed by atoms with Crippen molar-refractivity contribution in [3.63, 3.8) is 0 Å². The number of anilines is 2. The summed E-state index contributed by atoms with van der Waals surface area (Å²) in [5.74, 6) is 2.19. The Kier molecular flexibility index (Phi) is 5.32. The highest BCUT2D eigenvalue weighted by Gasteiger charge is 2.14. The smallest absolute Gasteiger partial charge is 0.278 e. The van der Waals surface area contributed by atoms with Gasteiger partial charge in [-0.1, -0.05) is 12.1 Å². The maximum atomic E-state index is 12.3. The molecule has 1 aromatic heterocycles. The third kappa shape index (κ3) is 4.04. The topological polar surface area (TPSA) is 84.1 Å². The lowest BCUT2D eigenvalue weighted by Gasteiger charge is -2.26. The molecule has 0 bridgehead atoms. The normalized spacial score (nSPS) is 15.2. The van der Waals surface area contributed by atoms with Gasteiger partial charge in [-0.2, -0.15) is 11.8 Å². The minimum atomic E-state index is -0.343. The van der Waals surface area contributed by atoms with Crippen molar-refractivity contribution in [2.45, 2.75) is 13.5 Å². The zero-order valence-electron chi connectivity index (χ0n) is 13.7. The van der Waals surface area contributed by atoms with Crippen molar-refractivity contribution < 1.29 is 4.79 Å². The molecule has 1 aromatic carbocycles. The number of amides is 1. The van der Waals surface area contributed by atoms with E-state index in [1.54, 1.807) is 0 Å². The van der Waals surface area contributed by atoms with Crippen LogP contribution in [0.1, 0.15) is 21.6 Å². The fraction of sp³-hybridized carbons (Fsp3) is 0.353. The highest BCUT2D eigenvalue weighted by molar-refractivity contribution is 7.99. The summed E-state index contributed by atoms with van der Waals surface area (Å²) in [6.07, 6.45) is 2.92. The second-order valence-electron chi connectivity index (χ2n) is 5.78. The quantitative estimate of drug-likeness (QED) is 0.885. The molecule has 0 radical (unpaired) electrons. The van der Waals surface area contributed by atoms with Crippen LogP contribution >= 0.6 is 11.8 Å². The lowest BCUT2D eigenvalue weighted by atomic mass is 10.1. The van der Waals surface area contributed by atoms with Crippen LogP contribution in [0.3, 0.4) is 0 Å². The van der Waals surface area contributed by atoms with Gasteiger partial charge in [0.25, 0.3) is 5.91 Å². The molecule has 0 aliphatic carbocycles. The van der Waals surface area contributed by atoms with Gasteiger partial charge in [0.1, 0.15) is 0 Å². The SMILES string of the molecule is Cc1cc(CN2CCSCC2)ccc1NC(=O)c1nccnc1N. The van der Waals surface area contributed by atoms with Crippen LogP contribution in [0.25, 0.3) is 0 Å². The van der Waals surface area contributed by atoms with Crippen LogP contribution < -0.4 is 11.1 Å². The zero-order chi connectivity index (χ0) is 16.9. The van der Waals surface area contributed by atoms with E-state index in [9.17, 15) is 4.79 Å². The van der Waals surface area contributed by atoms with Gasteiger partial charge < -0.3 is 11.1 Å². The first-order valence-electron chi connectivity index (χ1n) is 7.91. The fourth-order valence-corrected chi connectivity index (χ4v) is 3.67. The van der Waals surface area contributed by atoms with Crippen molar-refractivity contribution in [2.75, 3.05) is 35.6 Å². The van der Waals surface area contributed by atoms with Crippen LogP contribution in [0.4, 0.5) is 11.5 Å². The molecule has 6 nitrogen and oxygen atoms in total. The van der Waals surface area contributed by atoms with Gasteiger partial charge in [-0.25, -0.2) is 9.97 Å². The minimum Gasteiger partial charge on any atom is -0.382 e. The molecule has 0 atom stereocenters. The molecule has 0 spiro atoms. The van der Waals surface area contributed by atoms with Crippen molar-refractivity contribution in [3.8, 4) is 0 Å². The molecule has 3 rings (SSSR count). The summed E-state index contributed by atoms with van der Waals surface area (Å²) in [6, 6.07) is 6.12. The van der Waals surface area contributed by atoms with Gasteiger partial charge in [-0.15, -0.1) is 0 Å². The molecule has 2 aromatic rings. The number of thioether (sulfide) groups is 1. The van der Waals surface area contributed by atoms with E-state index in [1.165, 1.54) is 29.5 Å². The summed E-state index contributed by atoms with van der Waals surface area (Å²) in [5.41, 5.74) is 8.90. The van der Waals surface area contributed by atoms with Crippen LogP contribution in [0.2, 0.25) is 0 Å². The number of hydrogen-bond donors (Lipinski definition) is 2. The number of nitrogens with zero attached hydrogens (tertiary/aromatic N) is 3. The molecule has 24 heavy (non-hydrogen) atoms. The first-order chi connectivity index (χ1) is 11.6. The fourth-order valence-electron chi connectivity index (χ4n) is 2.69. The summed E-state index contributed by atoms with van der Waals surface area (Å²) in [5, 5.41) is 2.86. The Morgan fingerprint density at radius 1 is 1.29 bits per heavy atom. The minimum absolute atomic E-state index is 0.132. The van der Waals surface area contributed by atoms with Gasteiger partial charge in [0.15, 0.2) is 11.5 Å². The van der Waals surface area contributed by atoms with Crippen molar-refractivity contribution in [1.82, 2.24) is 14.9 Å². The number of nitrogens with two attached hydrogens (primary N) is 1. The Balaban J connectivity index is 1.68. The molecule has 1 fully saturated rings. The molecule has 1 amide bonds. The maximum Gasteiger partial charge on any atom is 0.278 e. The predicted octanol–water partition coefficient (Wildman–Crippen LogP) is 2.17. The highest BCUT2D eigenvalue weighted by atomic mass is 32.2. The number of hydrogen-bond acceptors (Lipinski definition) is 6. The molecule has 7 heteroatoms. The number of aryl methyl sites for hydroxylation is 1. The van der Waals surface area contributed by atoms with Crippen molar-refractivity contribution in [1.29, 1.82) is 0 Å². The Morgan fingerprint density at radius 2 is 2.04 bits per heavy atom. The first-order valence-corrected chi connectivity index (χ1v) is 9.06. The van der Waals surface area contributed by atoms with Crippen LogP contribution in [0.5, 0.6) is 0 Å². The van der Waals surface area contributed by atoms with E-state index in [0.29, 0.717) is 0 Å². The number of carbonyl (C=O) groups is 1. The number of nitrogens with one attached hydrogen (secondary N) is 1. The zero-order valence-corrected chi connectivity index (χ0v) is 14.5. The van der Waals surface area contributed by atoms with E-state index in [1.807, 2.05) is 24.8 Å². The number of nitrogen functional groups attached to an aromatic ring is 1. The van der Waals surface area contributed by atoms with Gasteiger partial charge in [-0.05, 0) is 24.1 Å². The standard InChI is InChI=1S/C17H21N5OS/c1-12-10-13(11-22-6-8-24-9-7-22)2-3-14(12)21-17(23)15-16(18)20-5-4-19-15/h2-5,10H,6-9,11H2,1H3,(H2,18,20)(H,21,23). The van der Waals surface area contributed by atoms with Crippen molar-refractivity contribution in [3.05, 3.63) is 47.4 Å². The van der Waals surface area contributed by atoms with E-state index >= 15 is 0 Å². The second-order valence-corrected chi connectivity index (χ2v) is 7.01. The molecular weight excluding hydrogens is 322 g/mol.